The molecule has 0 aliphatic rings. The van der Waals surface area contributed by atoms with Crippen LogP contribution in [0.4, 0.5) is 5.95 Å². The number of nitrogens with zero attached hydrogens (tertiary/aromatic N) is 3. The Balaban J connectivity index is 2.83. The van der Waals surface area contributed by atoms with E-state index in [0.29, 0.717) is 12.6 Å². The zero-order valence-corrected chi connectivity index (χ0v) is 8.30. The molecule has 5 nitrogen and oxygen atoms in total. The van der Waals surface area contributed by atoms with Crippen molar-refractivity contribution in [1.29, 1.82) is 0 Å². The zero-order chi connectivity index (χ0) is 9.68. The van der Waals surface area contributed by atoms with E-state index in [9.17, 15) is 0 Å². The summed E-state index contributed by atoms with van der Waals surface area (Å²) in [6.07, 6.45) is 0. The molecule has 0 amide bonds. The highest BCUT2D eigenvalue weighted by Gasteiger charge is 2.03. The molecular weight excluding hydrogens is 192 g/mol. The molecule has 13 heavy (non-hydrogen) atoms. The molecule has 0 radical (unpaired) electrons. The van der Waals surface area contributed by atoms with E-state index in [1.54, 1.807) is 0 Å². The molecule has 0 fully saturated rings. The minimum Gasteiger partial charge on any atom is -0.464 e. The van der Waals surface area contributed by atoms with Crippen molar-refractivity contribution in [3.05, 3.63) is 5.28 Å². The molecule has 1 rings (SSSR count). The van der Waals surface area contributed by atoms with Gasteiger partial charge in [0.05, 0.1) is 6.61 Å². The summed E-state index contributed by atoms with van der Waals surface area (Å²) in [7, 11) is 0. The molecule has 0 saturated carbocycles. The lowest BCUT2D eigenvalue weighted by atomic mass is 10.7. The van der Waals surface area contributed by atoms with Crippen LogP contribution in [0.1, 0.15) is 13.8 Å². The molecule has 0 spiro atoms. The Morgan fingerprint density at radius 3 is 2.69 bits per heavy atom. The first kappa shape index (κ1) is 9.98. The Morgan fingerprint density at radius 1 is 1.31 bits per heavy atom. The molecule has 0 aromatic carbocycles. The van der Waals surface area contributed by atoms with Crippen molar-refractivity contribution in [3.8, 4) is 6.01 Å². The van der Waals surface area contributed by atoms with Crippen LogP contribution < -0.4 is 10.1 Å². The highest BCUT2D eigenvalue weighted by Crippen LogP contribution is 2.10. The van der Waals surface area contributed by atoms with Gasteiger partial charge < -0.3 is 10.1 Å². The number of hydrogen-bond donors (Lipinski definition) is 1. The predicted octanol–water partition coefficient (Wildman–Crippen LogP) is 1.36. The van der Waals surface area contributed by atoms with Crippen LogP contribution in [0.15, 0.2) is 0 Å². The molecule has 72 valence electrons. The van der Waals surface area contributed by atoms with Crippen molar-refractivity contribution in [2.45, 2.75) is 13.8 Å². The Bertz CT molecular complexity index is 257. The molecule has 0 aliphatic heterocycles. The molecule has 0 atom stereocenters. The predicted molar refractivity (Wildman–Crippen MR) is 50.2 cm³/mol. The van der Waals surface area contributed by atoms with Crippen molar-refractivity contribution in [2.75, 3.05) is 18.5 Å². The number of nitrogens with one attached hydrogen (secondary N) is 1. The monoisotopic (exact) mass is 202 g/mol. The lowest BCUT2D eigenvalue weighted by molar-refractivity contribution is 0.312. The summed E-state index contributed by atoms with van der Waals surface area (Å²) >= 11 is 5.64. The average Bonchev–Trinajstić information content (AvgIpc) is 2.04. The van der Waals surface area contributed by atoms with Crippen LogP contribution >= 0.6 is 11.6 Å². The van der Waals surface area contributed by atoms with Crippen molar-refractivity contribution in [3.63, 3.8) is 0 Å². The minimum absolute atomic E-state index is 0.134. The third-order valence-corrected chi connectivity index (χ3v) is 1.36. The van der Waals surface area contributed by atoms with Gasteiger partial charge in [0.15, 0.2) is 0 Å². The number of aromatic nitrogens is 3. The molecule has 1 N–H and O–H groups in total. The van der Waals surface area contributed by atoms with Crippen LogP contribution in [0.3, 0.4) is 0 Å². The van der Waals surface area contributed by atoms with Crippen LogP contribution in [0.2, 0.25) is 5.28 Å². The van der Waals surface area contributed by atoms with E-state index >= 15 is 0 Å². The van der Waals surface area contributed by atoms with Crippen molar-refractivity contribution in [1.82, 2.24) is 15.0 Å². The lowest BCUT2D eigenvalue weighted by Gasteiger charge is -2.04. The zero-order valence-electron chi connectivity index (χ0n) is 7.54. The number of halogens is 1. The van der Waals surface area contributed by atoms with Gasteiger partial charge >= 0.3 is 6.01 Å². The fourth-order valence-corrected chi connectivity index (χ4v) is 0.915. The SMILES string of the molecule is CCNc1nc(Cl)nc(OCC)n1. The van der Waals surface area contributed by atoms with E-state index < -0.39 is 0 Å². The molecule has 6 heteroatoms. The Hall–Kier alpha value is -1.10. The summed E-state index contributed by atoms with van der Waals surface area (Å²) in [6, 6.07) is 0.249. The van der Waals surface area contributed by atoms with Crippen molar-refractivity contribution >= 4 is 17.5 Å². The van der Waals surface area contributed by atoms with E-state index in [4.69, 9.17) is 16.3 Å². The number of hydrogen-bond acceptors (Lipinski definition) is 5. The van der Waals surface area contributed by atoms with E-state index in [1.807, 2.05) is 13.8 Å². The van der Waals surface area contributed by atoms with Gasteiger partial charge in [0.1, 0.15) is 0 Å². The first-order chi connectivity index (χ1) is 6.26. The van der Waals surface area contributed by atoms with Gasteiger partial charge in [-0.3, -0.25) is 0 Å². The van der Waals surface area contributed by atoms with E-state index in [2.05, 4.69) is 20.3 Å². The van der Waals surface area contributed by atoms with E-state index in [1.165, 1.54) is 0 Å². The van der Waals surface area contributed by atoms with Gasteiger partial charge in [0.25, 0.3) is 0 Å². The third kappa shape index (κ3) is 3.02. The maximum atomic E-state index is 5.64. The van der Waals surface area contributed by atoms with Crippen LogP contribution in [0.5, 0.6) is 6.01 Å². The molecule has 0 saturated heterocycles. The summed E-state index contributed by atoms with van der Waals surface area (Å²) in [5.41, 5.74) is 0. The van der Waals surface area contributed by atoms with Crippen molar-refractivity contribution < 1.29 is 4.74 Å². The van der Waals surface area contributed by atoms with E-state index in [0.717, 1.165) is 6.54 Å². The summed E-state index contributed by atoms with van der Waals surface area (Å²) in [6.45, 7) is 5.03. The second-order valence-corrected chi connectivity index (χ2v) is 2.51. The molecule has 1 aromatic rings. The minimum atomic E-state index is 0.134. The van der Waals surface area contributed by atoms with Crippen LogP contribution in [-0.4, -0.2) is 28.1 Å². The number of ether oxygens (including phenoxy) is 1. The van der Waals surface area contributed by atoms with Gasteiger partial charge in [-0.2, -0.15) is 15.0 Å². The number of rotatable bonds is 4. The average molecular weight is 203 g/mol. The second-order valence-electron chi connectivity index (χ2n) is 2.17. The first-order valence-corrected chi connectivity index (χ1v) is 4.42. The van der Waals surface area contributed by atoms with Crippen LogP contribution in [-0.2, 0) is 0 Å². The molecular formula is C7H11ClN4O. The molecule has 0 unspecified atom stereocenters. The maximum absolute atomic E-state index is 5.64. The summed E-state index contributed by atoms with van der Waals surface area (Å²) in [4.78, 5) is 11.6. The van der Waals surface area contributed by atoms with Crippen molar-refractivity contribution in [2.24, 2.45) is 0 Å². The smallest absolute Gasteiger partial charge is 0.322 e. The molecule has 1 heterocycles. The Labute approximate surface area is 81.5 Å². The third-order valence-electron chi connectivity index (χ3n) is 1.20. The van der Waals surface area contributed by atoms with Gasteiger partial charge in [0, 0.05) is 6.54 Å². The van der Waals surface area contributed by atoms with E-state index in [-0.39, 0.29) is 11.3 Å². The highest BCUT2D eigenvalue weighted by molar-refractivity contribution is 6.28. The highest BCUT2D eigenvalue weighted by atomic mass is 35.5. The quantitative estimate of drug-likeness (QED) is 0.799. The van der Waals surface area contributed by atoms with Gasteiger partial charge in [-0.1, -0.05) is 0 Å². The standard InChI is InChI=1S/C7H11ClN4O/c1-3-9-6-10-5(8)11-7(12-6)13-4-2/h3-4H2,1-2H3,(H,9,10,11,12). The molecule has 0 aliphatic carbocycles. The van der Waals surface area contributed by atoms with Crippen LogP contribution in [0, 0.1) is 0 Å². The number of anilines is 1. The Kier molecular flexibility index (Phi) is 3.70. The van der Waals surface area contributed by atoms with Gasteiger partial charge in [-0.25, -0.2) is 0 Å². The van der Waals surface area contributed by atoms with Crippen LogP contribution in [0.25, 0.3) is 0 Å². The topological polar surface area (TPSA) is 59.9 Å². The summed E-state index contributed by atoms with van der Waals surface area (Å²) < 4.78 is 5.09. The maximum Gasteiger partial charge on any atom is 0.322 e. The summed E-state index contributed by atoms with van der Waals surface area (Å²) in [5.74, 6) is 0.436. The van der Waals surface area contributed by atoms with Gasteiger partial charge in [-0.15, -0.1) is 0 Å². The fourth-order valence-electron chi connectivity index (χ4n) is 0.763. The van der Waals surface area contributed by atoms with Gasteiger partial charge in [0.2, 0.25) is 11.2 Å². The molecule has 1 aromatic heterocycles. The lowest BCUT2D eigenvalue weighted by Crippen LogP contribution is -2.06. The normalized spacial score (nSPS) is 9.77. The largest absolute Gasteiger partial charge is 0.464 e. The van der Waals surface area contributed by atoms with Gasteiger partial charge in [-0.05, 0) is 25.4 Å². The molecule has 0 bridgehead atoms. The Morgan fingerprint density at radius 2 is 2.08 bits per heavy atom. The fraction of sp³-hybridized carbons (Fsp3) is 0.571. The first-order valence-electron chi connectivity index (χ1n) is 4.04. The summed E-state index contributed by atoms with van der Waals surface area (Å²) in [5, 5.41) is 3.05. The second kappa shape index (κ2) is 4.81.